The van der Waals surface area contributed by atoms with Crippen LogP contribution in [0.4, 0.5) is 5.69 Å². The maximum atomic E-state index is 11.0. The van der Waals surface area contributed by atoms with Gasteiger partial charge >= 0.3 is 0 Å². The molecule has 1 unspecified atom stereocenters. The van der Waals surface area contributed by atoms with Gasteiger partial charge < -0.3 is 15.2 Å². The molecule has 0 aromatic heterocycles. The Morgan fingerprint density at radius 3 is 3.14 bits per heavy atom. The van der Waals surface area contributed by atoms with Gasteiger partial charge in [0.2, 0.25) is 0 Å². The SMILES string of the molecule is CC(=O)CC1CNc2ccc(O)cc21. The van der Waals surface area contributed by atoms with Crippen molar-refractivity contribution in [1.29, 1.82) is 0 Å². The molecule has 1 aromatic rings. The van der Waals surface area contributed by atoms with Crippen LogP contribution in [0, 0.1) is 0 Å². The van der Waals surface area contributed by atoms with Crippen molar-refractivity contribution in [2.75, 3.05) is 11.9 Å². The normalized spacial score (nSPS) is 18.8. The number of anilines is 1. The van der Waals surface area contributed by atoms with E-state index in [0.29, 0.717) is 6.42 Å². The van der Waals surface area contributed by atoms with E-state index >= 15 is 0 Å². The van der Waals surface area contributed by atoms with Crippen molar-refractivity contribution < 1.29 is 9.90 Å². The highest BCUT2D eigenvalue weighted by Gasteiger charge is 2.23. The lowest BCUT2D eigenvalue weighted by molar-refractivity contribution is -0.117. The first-order valence-electron chi connectivity index (χ1n) is 4.73. The number of rotatable bonds is 2. The largest absolute Gasteiger partial charge is 0.508 e. The lowest BCUT2D eigenvalue weighted by atomic mass is 9.96. The Morgan fingerprint density at radius 2 is 2.43 bits per heavy atom. The Kier molecular flexibility index (Phi) is 2.15. The highest BCUT2D eigenvalue weighted by Crippen LogP contribution is 2.35. The number of hydrogen-bond donors (Lipinski definition) is 2. The second-order valence-corrected chi connectivity index (χ2v) is 3.76. The van der Waals surface area contributed by atoms with Gasteiger partial charge in [-0.15, -0.1) is 0 Å². The van der Waals surface area contributed by atoms with Gasteiger partial charge in [0.15, 0.2) is 0 Å². The van der Waals surface area contributed by atoms with Crippen LogP contribution in [0.5, 0.6) is 5.75 Å². The number of benzene rings is 1. The summed E-state index contributed by atoms with van der Waals surface area (Å²) >= 11 is 0. The van der Waals surface area contributed by atoms with Gasteiger partial charge in [-0.3, -0.25) is 0 Å². The van der Waals surface area contributed by atoms with E-state index in [1.54, 1.807) is 19.1 Å². The highest BCUT2D eigenvalue weighted by atomic mass is 16.3. The minimum Gasteiger partial charge on any atom is -0.508 e. The van der Waals surface area contributed by atoms with Crippen molar-refractivity contribution in [3.63, 3.8) is 0 Å². The van der Waals surface area contributed by atoms with Crippen LogP contribution in [-0.4, -0.2) is 17.4 Å². The molecule has 1 aromatic carbocycles. The minimum atomic E-state index is 0.188. The zero-order chi connectivity index (χ0) is 10.1. The predicted molar refractivity (Wildman–Crippen MR) is 54.6 cm³/mol. The van der Waals surface area contributed by atoms with Crippen molar-refractivity contribution in [1.82, 2.24) is 0 Å². The summed E-state index contributed by atoms with van der Waals surface area (Å²) in [5, 5.41) is 12.6. The van der Waals surface area contributed by atoms with Crippen LogP contribution in [0.2, 0.25) is 0 Å². The van der Waals surface area contributed by atoms with Crippen LogP contribution in [0.15, 0.2) is 18.2 Å². The third-order valence-corrected chi connectivity index (χ3v) is 2.55. The molecule has 1 heterocycles. The van der Waals surface area contributed by atoms with Crippen LogP contribution < -0.4 is 5.32 Å². The number of nitrogens with one attached hydrogen (secondary N) is 1. The Bertz CT molecular complexity index is 374. The topological polar surface area (TPSA) is 49.3 Å². The van der Waals surface area contributed by atoms with Crippen LogP contribution in [0.1, 0.15) is 24.8 Å². The summed E-state index contributed by atoms with van der Waals surface area (Å²) in [4.78, 5) is 11.0. The molecular formula is C11H13NO2. The van der Waals surface area contributed by atoms with E-state index in [-0.39, 0.29) is 17.5 Å². The third-order valence-electron chi connectivity index (χ3n) is 2.55. The molecule has 0 saturated carbocycles. The quantitative estimate of drug-likeness (QED) is 0.702. The van der Waals surface area contributed by atoms with E-state index in [0.717, 1.165) is 17.8 Å². The third kappa shape index (κ3) is 1.58. The fraction of sp³-hybridized carbons (Fsp3) is 0.364. The fourth-order valence-corrected chi connectivity index (χ4v) is 1.92. The van der Waals surface area contributed by atoms with Gasteiger partial charge in [-0.2, -0.15) is 0 Å². The molecule has 0 fully saturated rings. The first kappa shape index (κ1) is 9.06. The lowest BCUT2D eigenvalue weighted by Crippen LogP contribution is -2.06. The van der Waals surface area contributed by atoms with E-state index in [1.165, 1.54) is 0 Å². The molecule has 14 heavy (non-hydrogen) atoms. The van der Waals surface area contributed by atoms with Crippen molar-refractivity contribution in [2.24, 2.45) is 0 Å². The minimum absolute atomic E-state index is 0.188. The molecule has 0 spiro atoms. The van der Waals surface area contributed by atoms with Gasteiger partial charge in [-0.25, -0.2) is 0 Å². The fourth-order valence-electron chi connectivity index (χ4n) is 1.92. The summed E-state index contributed by atoms with van der Waals surface area (Å²) in [6.07, 6.45) is 0.545. The molecule has 1 atom stereocenters. The summed E-state index contributed by atoms with van der Waals surface area (Å²) in [6, 6.07) is 5.25. The summed E-state index contributed by atoms with van der Waals surface area (Å²) in [6.45, 7) is 2.39. The standard InChI is InChI=1S/C11H13NO2/c1-7(13)4-8-6-12-11-3-2-9(14)5-10(8)11/h2-3,5,8,12,14H,4,6H2,1H3. The van der Waals surface area contributed by atoms with E-state index in [1.807, 2.05) is 6.07 Å². The summed E-state index contributed by atoms with van der Waals surface area (Å²) < 4.78 is 0. The molecule has 0 amide bonds. The summed E-state index contributed by atoms with van der Waals surface area (Å²) in [7, 11) is 0. The molecule has 0 bridgehead atoms. The van der Waals surface area contributed by atoms with Crippen molar-refractivity contribution in [3.8, 4) is 5.75 Å². The number of aromatic hydroxyl groups is 1. The molecule has 2 N–H and O–H groups in total. The predicted octanol–water partition coefficient (Wildman–Crippen LogP) is 1.88. The molecule has 0 aliphatic carbocycles. The number of carbonyl (C=O) groups excluding carboxylic acids is 1. The number of hydrogen-bond acceptors (Lipinski definition) is 3. The van der Waals surface area contributed by atoms with Crippen LogP contribution >= 0.6 is 0 Å². The highest BCUT2D eigenvalue weighted by molar-refractivity contribution is 5.77. The number of phenolic OH excluding ortho intramolecular Hbond substituents is 1. The van der Waals surface area contributed by atoms with Gasteiger partial charge in [0.05, 0.1) is 0 Å². The number of fused-ring (bicyclic) bond motifs is 1. The zero-order valence-corrected chi connectivity index (χ0v) is 8.08. The zero-order valence-electron chi connectivity index (χ0n) is 8.08. The molecule has 2 rings (SSSR count). The molecule has 0 radical (unpaired) electrons. The maximum absolute atomic E-state index is 11.0. The van der Waals surface area contributed by atoms with Crippen LogP contribution in [0.3, 0.4) is 0 Å². The second kappa shape index (κ2) is 3.33. The molecule has 1 aliphatic heterocycles. The molecule has 1 aliphatic rings. The number of ketones is 1. The molecule has 3 heteroatoms. The van der Waals surface area contributed by atoms with E-state index in [4.69, 9.17) is 0 Å². The van der Waals surface area contributed by atoms with E-state index in [9.17, 15) is 9.90 Å². The first-order valence-corrected chi connectivity index (χ1v) is 4.73. The van der Waals surface area contributed by atoms with Crippen LogP contribution in [0.25, 0.3) is 0 Å². The Balaban J connectivity index is 2.28. The molecular weight excluding hydrogens is 178 g/mol. The summed E-state index contributed by atoms with van der Waals surface area (Å²) in [5.41, 5.74) is 2.09. The van der Waals surface area contributed by atoms with Crippen molar-refractivity contribution in [2.45, 2.75) is 19.3 Å². The average Bonchev–Trinajstić information content (AvgIpc) is 2.47. The average molecular weight is 191 g/mol. The van der Waals surface area contributed by atoms with Gasteiger partial charge in [0.1, 0.15) is 11.5 Å². The van der Waals surface area contributed by atoms with Gasteiger partial charge in [0.25, 0.3) is 0 Å². The van der Waals surface area contributed by atoms with E-state index < -0.39 is 0 Å². The smallest absolute Gasteiger partial charge is 0.130 e. The Labute approximate surface area is 82.8 Å². The van der Waals surface area contributed by atoms with E-state index in [2.05, 4.69) is 5.32 Å². The monoisotopic (exact) mass is 191 g/mol. The first-order chi connectivity index (χ1) is 6.66. The lowest BCUT2D eigenvalue weighted by Gasteiger charge is -2.07. The molecule has 0 saturated heterocycles. The Morgan fingerprint density at radius 1 is 1.64 bits per heavy atom. The van der Waals surface area contributed by atoms with Crippen molar-refractivity contribution in [3.05, 3.63) is 23.8 Å². The second-order valence-electron chi connectivity index (χ2n) is 3.76. The van der Waals surface area contributed by atoms with Gasteiger partial charge in [-0.05, 0) is 30.7 Å². The number of phenols is 1. The number of carbonyl (C=O) groups is 1. The Hall–Kier alpha value is -1.51. The van der Waals surface area contributed by atoms with Crippen molar-refractivity contribution >= 4 is 11.5 Å². The molecule has 3 nitrogen and oxygen atoms in total. The van der Waals surface area contributed by atoms with Crippen LogP contribution in [-0.2, 0) is 4.79 Å². The molecule has 74 valence electrons. The summed E-state index contributed by atoms with van der Waals surface area (Å²) in [5.74, 6) is 0.670. The van der Waals surface area contributed by atoms with Gasteiger partial charge in [-0.1, -0.05) is 0 Å². The van der Waals surface area contributed by atoms with Gasteiger partial charge in [0, 0.05) is 24.6 Å². The maximum Gasteiger partial charge on any atom is 0.130 e. The number of Topliss-reactive ketones (excluding diaryl/α,β-unsaturated/α-hetero) is 1.